The van der Waals surface area contributed by atoms with E-state index in [4.69, 9.17) is 0 Å². The molecule has 1 aliphatic rings. The summed E-state index contributed by atoms with van der Waals surface area (Å²) in [7, 11) is 0. The molecule has 1 heterocycles. The van der Waals surface area contributed by atoms with Crippen LogP contribution in [0.15, 0.2) is 28.7 Å². The second-order valence-corrected chi connectivity index (χ2v) is 4.54. The molecule has 1 aromatic carbocycles. The van der Waals surface area contributed by atoms with Crippen LogP contribution in [0, 0.1) is 0 Å². The number of halogens is 2. The van der Waals surface area contributed by atoms with Crippen LogP contribution in [0.3, 0.4) is 0 Å². The van der Waals surface area contributed by atoms with E-state index in [1.807, 2.05) is 0 Å². The SMILES string of the molecule is Brc1cccc(CC2CCCN2)c1.Cl. The van der Waals surface area contributed by atoms with Gasteiger partial charge in [-0.15, -0.1) is 12.4 Å². The largest absolute Gasteiger partial charge is 0.314 e. The maximum absolute atomic E-state index is 3.51. The smallest absolute Gasteiger partial charge is 0.0178 e. The van der Waals surface area contributed by atoms with E-state index in [1.54, 1.807) is 0 Å². The van der Waals surface area contributed by atoms with Crippen LogP contribution in [0.4, 0.5) is 0 Å². The highest BCUT2D eigenvalue weighted by molar-refractivity contribution is 9.10. The van der Waals surface area contributed by atoms with Gasteiger partial charge in [-0.1, -0.05) is 28.1 Å². The molecule has 2 rings (SSSR count). The summed E-state index contributed by atoms with van der Waals surface area (Å²) in [6, 6.07) is 9.29. The molecule has 0 bridgehead atoms. The highest BCUT2D eigenvalue weighted by atomic mass is 79.9. The van der Waals surface area contributed by atoms with Gasteiger partial charge >= 0.3 is 0 Å². The maximum atomic E-state index is 3.51. The molecule has 1 nitrogen and oxygen atoms in total. The predicted octanol–water partition coefficient (Wildman–Crippen LogP) is 3.17. The molecule has 0 saturated carbocycles. The van der Waals surface area contributed by atoms with Crippen molar-refractivity contribution in [3.8, 4) is 0 Å². The fraction of sp³-hybridized carbons (Fsp3) is 0.455. The minimum atomic E-state index is 0. The van der Waals surface area contributed by atoms with Crippen molar-refractivity contribution < 1.29 is 0 Å². The van der Waals surface area contributed by atoms with Gasteiger partial charge in [0.05, 0.1) is 0 Å². The first kappa shape index (κ1) is 12.0. The molecule has 3 heteroatoms. The van der Waals surface area contributed by atoms with Crippen molar-refractivity contribution in [2.75, 3.05) is 6.54 Å². The van der Waals surface area contributed by atoms with Gasteiger partial charge in [-0.2, -0.15) is 0 Å². The third-order valence-electron chi connectivity index (χ3n) is 2.53. The van der Waals surface area contributed by atoms with Crippen LogP contribution >= 0.6 is 28.3 Å². The fourth-order valence-corrected chi connectivity index (χ4v) is 2.33. The summed E-state index contributed by atoms with van der Waals surface area (Å²) in [5, 5.41) is 3.51. The first-order valence-electron chi connectivity index (χ1n) is 4.82. The zero-order valence-electron chi connectivity index (χ0n) is 8.00. The summed E-state index contributed by atoms with van der Waals surface area (Å²) < 4.78 is 1.18. The van der Waals surface area contributed by atoms with Crippen LogP contribution in [0.1, 0.15) is 18.4 Å². The Hall–Kier alpha value is -0.0500. The molecule has 0 radical (unpaired) electrons. The Morgan fingerprint density at radius 3 is 2.93 bits per heavy atom. The second kappa shape index (κ2) is 5.74. The quantitative estimate of drug-likeness (QED) is 0.875. The van der Waals surface area contributed by atoms with Crippen LogP contribution in [0.25, 0.3) is 0 Å². The van der Waals surface area contributed by atoms with Crippen molar-refractivity contribution in [3.05, 3.63) is 34.3 Å². The lowest BCUT2D eigenvalue weighted by Gasteiger charge is -2.09. The summed E-state index contributed by atoms with van der Waals surface area (Å²) >= 11 is 3.49. The zero-order chi connectivity index (χ0) is 9.10. The van der Waals surface area contributed by atoms with E-state index in [1.165, 1.54) is 35.8 Å². The molecule has 1 aliphatic heterocycles. The van der Waals surface area contributed by atoms with Crippen molar-refractivity contribution >= 4 is 28.3 Å². The first-order valence-corrected chi connectivity index (χ1v) is 5.62. The summed E-state index contributed by atoms with van der Waals surface area (Å²) in [6.45, 7) is 1.19. The molecule has 0 aromatic heterocycles. The Bertz CT molecular complexity index is 284. The zero-order valence-corrected chi connectivity index (χ0v) is 10.4. The average Bonchev–Trinajstić information content (AvgIpc) is 2.57. The van der Waals surface area contributed by atoms with Gasteiger partial charge in [0.2, 0.25) is 0 Å². The fourth-order valence-electron chi connectivity index (χ4n) is 1.88. The minimum absolute atomic E-state index is 0. The van der Waals surface area contributed by atoms with Crippen molar-refractivity contribution in [1.29, 1.82) is 0 Å². The number of hydrogen-bond acceptors (Lipinski definition) is 1. The van der Waals surface area contributed by atoms with Gasteiger partial charge in [-0.05, 0) is 43.5 Å². The number of hydrogen-bond donors (Lipinski definition) is 1. The molecule has 0 amide bonds. The van der Waals surface area contributed by atoms with Crippen LogP contribution in [-0.2, 0) is 6.42 Å². The highest BCUT2D eigenvalue weighted by Crippen LogP contribution is 2.16. The molecule has 1 saturated heterocycles. The van der Waals surface area contributed by atoms with Crippen LogP contribution in [0.5, 0.6) is 0 Å². The predicted molar refractivity (Wildman–Crippen MR) is 66.1 cm³/mol. The Kier molecular flexibility index (Phi) is 4.93. The number of nitrogens with one attached hydrogen (secondary N) is 1. The third kappa shape index (κ3) is 3.26. The van der Waals surface area contributed by atoms with Crippen LogP contribution in [0.2, 0.25) is 0 Å². The summed E-state index contributed by atoms with van der Waals surface area (Å²) in [5.41, 5.74) is 1.42. The highest BCUT2D eigenvalue weighted by Gasteiger charge is 2.13. The van der Waals surface area contributed by atoms with Crippen LogP contribution < -0.4 is 5.32 Å². The van der Waals surface area contributed by atoms with E-state index in [0.29, 0.717) is 6.04 Å². The van der Waals surface area contributed by atoms with Gasteiger partial charge in [0.1, 0.15) is 0 Å². The summed E-state index contributed by atoms with van der Waals surface area (Å²) in [5.74, 6) is 0. The van der Waals surface area contributed by atoms with Gasteiger partial charge in [0.15, 0.2) is 0 Å². The lowest BCUT2D eigenvalue weighted by molar-refractivity contribution is 0.603. The lowest BCUT2D eigenvalue weighted by Crippen LogP contribution is -2.23. The van der Waals surface area contributed by atoms with Crippen molar-refractivity contribution in [1.82, 2.24) is 5.32 Å². The Balaban J connectivity index is 0.000000980. The molecular weight excluding hydrogens is 261 g/mol. The molecule has 0 aliphatic carbocycles. The number of rotatable bonds is 2. The van der Waals surface area contributed by atoms with E-state index in [-0.39, 0.29) is 12.4 Å². The lowest BCUT2D eigenvalue weighted by atomic mass is 10.1. The van der Waals surface area contributed by atoms with Crippen molar-refractivity contribution in [2.24, 2.45) is 0 Å². The van der Waals surface area contributed by atoms with Gasteiger partial charge in [0, 0.05) is 10.5 Å². The van der Waals surface area contributed by atoms with Gasteiger partial charge < -0.3 is 5.32 Å². The average molecular weight is 277 g/mol. The van der Waals surface area contributed by atoms with E-state index in [0.717, 1.165) is 0 Å². The van der Waals surface area contributed by atoms with Gasteiger partial charge in [0.25, 0.3) is 0 Å². The first-order chi connectivity index (χ1) is 6.34. The third-order valence-corrected chi connectivity index (χ3v) is 3.03. The maximum Gasteiger partial charge on any atom is 0.0178 e. The molecule has 0 spiro atoms. The molecule has 1 atom stereocenters. The van der Waals surface area contributed by atoms with E-state index < -0.39 is 0 Å². The van der Waals surface area contributed by atoms with Gasteiger partial charge in [-0.25, -0.2) is 0 Å². The van der Waals surface area contributed by atoms with Crippen molar-refractivity contribution in [3.63, 3.8) is 0 Å². The monoisotopic (exact) mass is 275 g/mol. The Morgan fingerprint density at radius 1 is 1.43 bits per heavy atom. The van der Waals surface area contributed by atoms with Crippen LogP contribution in [-0.4, -0.2) is 12.6 Å². The summed E-state index contributed by atoms with van der Waals surface area (Å²) in [6.07, 6.45) is 3.82. The summed E-state index contributed by atoms with van der Waals surface area (Å²) in [4.78, 5) is 0. The minimum Gasteiger partial charge on any atom is -0.314 e. The molecule has 1 fully saturated rings. The molecule has 1 N–H and O–H groups in total. The Labute approximate surface area is 99.8 Å². The topological polar surface area (TPSA) is 12.0 Å². The Morgan fingerprint density at radius 2 is 2.29 bits per heavy atom. The molecule has 1 unspecified atom stereocenters. The van der Waals surface area contributed by atoms with E-state index >= 15 is 0 Å². The molecule has 14 heavy (non-hydrogen) atoms. The second-order valence-electron chi connectivity index (χ2n) is 3.63. The standard InChI is InChI=1S/C11H14BrN.ClH/c12-10-4-1-3-9(7-10)8-11-5-2-6-13-11;/h1,3-4,7,11,13H,2,5-6,8H2;1H. The van der Waals surface area contributed by atoms with E-state index in [2.05, 4.69) is 45.5 Å². The normalized spacial score (nSPS) is 20.5. The molecule has 78 valence electrons. The molecular formula is C11H15BrClN. The molecule has 1 aromatic rings. The van der Waals surface area contributed by atoms with E-state index in [9.17, 15) is 0 Å². The number of benzene rings is 1. The van der Waals surface area contributed by atoms with Crippen molar-refractivity contribution in [2.45, 2.75) is 25.3 Å². The van der Waals surface area contributed by atoms with Gasteiger partial charge in [-0.3, -0.25) is 0 Å².